The molecule has 0 bridgehead atoms. The average Bonchev–Trinajstić information content (AvgIpc) is 2.48. The minimum Gasteiger partial charge on any atom is -0.384 e. The van der Waals surface area contributed by atoms with Gasteiger partial charge in [-0.15, -0.1) is 0 Å². The van der Waals surface area contributed by atoms with E-state index in [2.05, 4.69) is 6.08 Å². The molecule has 0 aliphatic rings. The van der Waals surface area contributed by atoms with Gasteiger partial charge in [-0.05, 0) is 17.5 Å². The Morgan fingerprint density at radius 1 is 0.810 bits per heavy atom. The Morgan fingerprint density at radius 3 is 1.76 bits per heavy atom. The lowest BCUT2D eigenvalue weighted by Gasteiger charge is -2.01. The van der Waals surface area contributed by atoms with E-state index in [4.69, 9.17) is 22.3 Å². The molecule has 0 amide bonds. The van der Waals surface area contributed by atoms with Crippen LogP contribution in [0.25, 0.3) is 6.08 Å². The molecule has 4 nitrogen and oxygen atoms in total. The van der Waals surface area contributed by atoms with Crippen molar-refractivity contribution in [1.29, 1.82) is 10.8 Å². The highest BCUT2D eigenvalue weighted by Crippen LogP contribution is 2.09. The van der Waals surface area contributed by atoms with Crippen molar-refractivity contribution in [2.75, 3.05) is 0 Å². The third-order valence-electron chi connectivity index (χ3n) is 3.15. The number of nitrogens with two attached hydrogens (primary N) is 2. The van der Waals surface area contributed by atoms with E-state index in [1.54, 1.807) is 0 Å². The summed E-state index contributed by atoms with van der Waals surface area (Å²) in [6.45, 7) is 0. The van der Waals surface area contributed by atoms with Crippen molar-refractivity contribution in [3.63, 3.8) is 0 Å². The Bertz CT molecular complexity index is 667. The Morgan fingerprint density at radius 2 is 1.29 bits per heavy atom. The molecule has 0 spiro atoms. The number of benzene rings is 2. The van der Waals surface area contributed by atoms with Gasteiger partial charge < -0.3 is 11.5 Å². The zero-order valence-corrected chi connectivity index (χ0v) is 11.6. The maximum Gasteiger partial charge on any atom is 0.122 e. The second-order valence-corrected chi connectivity index (χ2v) is 4.75. The summed E-state index contributed by atoms with van der Waals surface area (Å²) in [5.74, 6) is 0.166. The van der Waals surface area contributed by atoms with Crippen LogP contribution in [0.15, 0.2) is 54.6 Å². The third-order valence-corrected chi connectivity index (χ3v) is 3.15. The van der Waals surface area contributed by atoms with Crippen molar-refractivity contribution >= 4 is 17.7 Å². The molecule has 0 saturated carbocycles. The SMILES string of the molecule is N=C(N)c1ccc(/C=C\Cc2ccc(C(=N)N)cc2)cc1. The second-order valence-electron chi connectivity index (χ2n) is 4.75. The first-order valence-corrected chi connectivity index (χ1v) is 6.60. The largest absolute Gasteiger partial charge is 0.384 e. The van der Waals surface area contributed by atoms with Crippen molar-refractivity contribution < 1.29 is 0 Å². The predicted molar refractivity (Wildman–Crippen MR) is 87.7 cm³/mol. The summed E-state index contributed by atoms with van der Waals surface area (Å²) >= 11 is 0. The number of hydrogen-bond donors (Lipinski definition) is 4. The molecular formula is C17H18N4. The summed E-state index contributed by atoms with van der Waals surface area (Å²) in [5.41, 5.74) is 14.5. The van der Waals surface area contributed by atoms with E-state index in [1.165, 1.54) is 0 Å². The van der Waals surface area contributed by atoms with Gasteiger partial charge in [-0.3, -0.25) is 10.8 Å². The maximum atomic E-state index is 7.34. The number of amidine groups is 2. The van der Waals surface area contributed by atoms with E-state index >= 15 is 0 Å². The highest BCUT2D eigenvalue weighted by Gasteiger charge is 1.96. The molecule has 0 aliphatic carbocycles. The Labute approximate surface area is 124 Å². The second kappa shape index (κ2) is 6.52. The normalized spacial score (nSPS) is 10.7. The van der Waals surface area contributed by atoms with Crippen molar-refractivity contribution in [3.8, 4) is 0 Å². The van der Waals surface area contributed by atoms with Crippen molar-refractivity contribution in [3.05, 3.63) is 76.9 Å². The quantitative estimate of drug-likeness (QED) is 0.499. The summed E-state index contributed by atoms with van der Waals surface area (Å²) < 4.78 is 0. The first kappa shape index (κ1) is 14.5. The van der Waals surface area contributed by atoms with E-state index in [0.29, 0.717) is 0 Å². The number of nitrogen functional groups attached to an aromatic ring is 2. The molecule has 0 atom stereocenters. The van der Waals surface area contributed by atoms with E-state index < -0.39 is 0 Å². The Kier molecular flexibility index (Phi) is 4.51. The van der Waals surface area contributed by atoms with Gasteiger partial charge in [-0.1, -0.05) is 60.7 Å². The molecule has 0 radical (unpaired) electrons. The van der Waals surface area contributed by atoms with Crippen molar-refractivity contribution in [2.24, 2.45) is 11.5 Å². The van der Waals surface area contributed by atoms with Gasteiger partial charge in [0.05, 0.1) is 0 Å². The lowest BCUT2D eigenvalue weighted by Crippen LogP contribution is -2.10. The highest BCUT2D eigenvalue weighted by molar-refractivity contribution is 5.95. The topological polar surface area (TPSA) is 99.7 Å². The van der Waals surface area contributed by atoms with E-state index in [-0.39, 0.29) is 11.7 Å². The summed E-state index contributed by atoms with van der Waals surface area (Å²) in [6.07, 6.45) is 4.92. The molecule has 0 unspecified atom stereocenters. The molecule has 0 heterocycles. The van der Waals surface area contributed by atoms with Crippen molar-refractivity contribution in [2.45, 2.75) is 6.42 Å². The smallest absolute Gasteiger partial charge is 0.122 e. The fraction of sp³-hybridized carbons (Fsp3) is 0.0588. The number of nitrogens with one attached hydrogen (secondary N) is 2. The Balaban J connectivity index is 1.98. The standard InChI is InChI=1S/C17H18N4/c18-16(19)14-8-4-12(5-9-14)2-1-3-13-6-10-15(11-7-13)17(20)21/h1-2,4-11H,3H2,(H3,18,19)(H3,20,21)/b2-1-. The van der Waals surface area contributed by atoms with Gasteiger partial charge in [0, 0.05) is 11.1 Å². The summed E-state index contributed by atoms with van der Waals surface area (Å²) in [5, 5.41) is 14.7. The molecule has 2 aromatic rings. The molecule has 6 N–H and O–H groups in total. The monoisotopic (exact) mass is 278 g/mol. The maximum absolute atomic E-state index is 7.34. The first-order chi connectivity index (χ1) is 10.1. The fourth-order valence-corrected chi connectivity index (χ4v) is 1.93. The molecule has 2 aromatic carbocycles. The summed E-state index contributed by atoms with van der Waals surface area (Å²) in [4.78, 5) is 0. The average molecular weight is 278 g/mol. The fourth-order valence-electron chi connectivity index (χ4n) is 1.93. The molecule has 0 fully saturated rings. The van der Waals surface area contributed by atoms with Crippen LogP contribution in [0.1, 0.15) is 22.3 Å². The van der Waals surface area contributed by atoms with Crippen LogP contribution in [0.4, 0.5) is 0 Å². The number of rotatable bonds is 5. The summed E-state index contributed by atoms with van der Waals surface area (Å²) in [6, 6.07) is 15.2. The van der Waals surface area contributed by atoms with Gasteiger partial charge in [-0.2, -0.15) is 0 Å². The molecule has 2 rings (SSSR count). The first-order valence-electron chi connectivity index (χ1n) is 6.60. The van der Waals surface area contributed by atoms with E-state index in [0.717, 1.165) is 28.7 Å². The van der Waals surface area contributed by atoms with Gasteiger partial charge >= 0.3 is 0 Å². The van der Waals surface area contributed by atoms with Crippen LogP contribution in [-0.2, 0) is 6.42 Å². The molecule has 106 valence electrons. The lowest BCUT2D eigenvalue weighted by molar-refractivity contribution is 1.27. The molecule has 4 heteroatoms. The third kappa shape index (κ3) is 4.04. The van der Waals surface area contributed by atoms with Crippen LogP contribution < -0.4 is 11.5 Å². The molecular weight excluding hydrogens is 260 g/mol. The molecule has 0 aromatic heterocycles. The van der Waals surface area contributed by atoms with Crippen LogP contribution >= 0.6 is 0 Å². The van der Waals surface area contributed by atoms with Gasteiger partial charge in [0.15, 0.2) is 0 Å². The van der Waals surface area contributed by atoms with Gasteiger partial charge in [-0.25, -0.2) is 0 Å². The van der Waals surface area contributed by atoms with Crippen molar-refractivity contribution in [1.82, 2.24) is 0 Å². The predicted octanol–water partition coefficient (Wildman–Crippen LogP) is 2.51. The zero-order valence-electron chi connectivity index (χ0n) is 11.6. The highest BCUT2D eigenvalue weighted by atomic mass is 14.7. The van der Waals surface area contributed by atoms with E-state index in [9.17, 15) is 0 Å². The molecule has 0 saturated heterocycles. The van der Waals surface area contributed by atoms with Crippen LogP contribution in [0.3, 0.4) is 0 Å². The molecule has 0 aliphatic heterocycles. The Hall–Kier alpha value is -2.88. The number of hydrogen-bond acceptors (Lipinski definition) is 2. The van der Waals surface area contributed by atoms with Crippen LogP contribution in [0.5, 0.6) is 0 Å². The molecule has 21 heavy (non-hydrogen) atoms. The minimum absolute atomic E-state index is 0.0797. The summed E-state index contributed by atoms with van der Waals surface area (Å²) in [7, 11) is 0. The van der Waals surface area contributed by atoms with Gasteiger partial charge in [0.2, 0.25) is 0 Å². The lowest BCUT2D eigenvalue weighted by atomic mass is 10.1. The van der Waals surface area contributed by atoms with Crippen LogP contribution in [-0.4, -0.2) is 11.7 Å². The van der Waals surface area contributed by atoms with Gasteiger partial charge in [0.1, 0.15) is 11.7 Å². The zero-order chi connectivity index (χ0) is 15.2. The van der Waals surface area contributed by atoms with Crippen LogP contribution in [0, 0.1) is 10.8 Å². The van der Waals surface area contributed by atoms with E-state index in [1.807, 2.05) is 54.6 Å². The minimum atomic E-state index is 0.0797. The van der Waals surface area contributed by atoms with Crippen LogP contribution in [0.2, 0.25) is 0 Å². The number of allylic oxidation sites excluding steroid dienone is 1. The van der Waals surface area contributed by atoms with Gasteiger partial charge in [0.25, 0.3) is 0 Å².